The Morgan fingerprint density at radius 3 is 2.60 bits per heavy atom. The standard InChI is InChI=1S/C19H26N2O4/c1-24-19(23)9-10-21(12-11-20-13-15-25-16-14-20)18(22)8-7-17-5-3-2-4-6-17/h2-8H,9-16H2,1H3/b8-7+. The second-order valence-electron chi connectivity index (χ2n) is 5.85. The van der Waals surface area contributed by atoms with Gasteiger partial charge in [-0.1, -0.05) is 30.3 Å². The topological polar surface area (TPSA) is 59.1 Å². The fourth-order valence-electron chi connectivity index (χ4n) is 2.58. The van der Waals surface area contributed by atoms with Crippen LogP contribution in [0, 0.1) is 0 Å². The minimum Gasteiger partial charge on any atom is -0.469 e. The molecule has 1 aromatic rings. The molecule has 6 nitrogen and oxygen atoms in total. The van der Waals surface area contributed by atoms with Crippen molar-refractivity contribution in [2.45, 2.75) is 6.42 Å². The number of esters is 1. The molecule has 1 aliphatic heterocycles. The van der Waals surface area contributed by atoms with Crippen molar-refractivity contribution in [1.82, 2.24) is 9.80 Å². The van der Waals surface area contributed by atoms with E-state index >= 15 is 0 Å². The summed E-state index contributed by atoms with van der Waals surface area (Å²) in [5.41, 5.74) is 0.969. The van der Waals surface area contributed by atoms with E-state index < -0.39 is 0 Å². The molecule has 6 heteroatoms. The Hall–Kier alpha value is -2.18. The maximum absolute atomic E-state index is 12.5. The van der Waals surface area contributed by atoms with Crippen LogP contribution in [-0.4, -0.2) is 74.7 Å². The molecule has 1 aromatic carbocycles. The molecule has 0 spiro atoms. The van der Waals surface area contributed by atoms with Crippen LogP contribution in [0.15, 0.2) is 36.4 Å². The Labute approximate surface area is 149 Å². The van der Waals surface area contributed by atoms with Gasteiger partial charge in [-0.25, -0.2) is 0 Å². The average molecular weight is 346 g/mol. The highest BCUT2D eigenvalue weighted by Gasteiger charge is 2.16. The second kappa shape index (κ2) is 10.6. The summed E-state index contributed by atoms with van der Waals surface area (Å²) in [6.45, 7) is 4.91. The van der Waals surface area contributed by atoms with Crippen LogP contribution < -0.4 is 0 Å². The van der Waals surface area contributed by atoms with E-state index in [1.165, 1.54) is 7.11 Å². The highest BCUT2D eigenvalue weighted by molar-refractivity contribution is 5.92. The number of nitrogens with zero attached hydrogens (tertiary/aromatic N) is 2. The molecule has 0 atom stereocenters. The lowest BCUT2D eigenvalue weighted by molar-refractivity contribution is -0.141. The quantitative estimate of drug-likeness (QED) is 0.526. The first-order valence-corrected chi connectivity index (χ1v) is 8.58. The summed E-state index contributed by atoms with van der Waals surface area (Å²) >= 11 is 0. The molecular weight excluding hydrogens is 320 g/mol. The molecule has 0 N–H and O–H groups in total. The van der Waals surface area contributed by atoms with Gasteiger partial charge in [0.15, 0.2) is 0 Å². The molecule has 1 saturated heterocycles. The molecule has 1 amide bonds. The number of benzene rings is 1. The van der Waals surface area contributed by atoms with E-state index in [-0.39, 0.29) is 18.3 Å². The summed E-state index contributed by atoms with van der Waals surface area (Å²) in [6, 6.07) is 9.67. The Bertz CT molecular complexity index is 568. The number of ether oxygens (including phenoxy) is 2. The smallest absolute Gasteiger partial charge is 0.307 e. The van der Waals surface area contributed by atoms with Gasteiger partial charge in [0.2, 0.25) is 5.91 Å². The Kier molecular flexibility index (Phi) is 8.15. The molecule has 1 fully saturated rings. The fourth-order valence-corrected chi connectivity index (χ4v) is 2.58. The zero-order valence-corrected chi connectivity index (χ0v) is 14.7. The van der Waals surface area contributed by atoms with Crippen LogP contribution in [-0.2, 0) is 19.1 Å². The van der Waals surface area contributed by atoms with Crippen molar-refractivity contribution < 1.29 is 19.1 Å². The van der Waals surface area contributed by atoms with Crippen LogP contribution in [0.1, 0.15) is 12.0 Å². The van der Waals surface area contributed by atoms with Crippen molar-refractivity contribution in [3.8, 4) is 0 Å². The minimum atomic E-state index is -0.309. The Morgan fingerprint density at radius 1 is 1.20 bits per heavy atom. The molecule has 0 unspecified atom stereocenters. The summed E-state index contributed by atoms with van der Waals surface area (Å²) in [5, 5.41) is 0. The van der Waals surface area contributed by atoms with Gasteiger partial charge in [0.25, 0.3) is 0 Å². The molecule has 0 saturated carbocycles. The highest BCUT2D eigenvalue weighted by atomic mass is 16.5. The van der Waals surface area contributed by atoms with Crippen LogP contribution in [0.2, 0.25) is 0 Å². The molecule has 0 bridgehead atoms. The number of morpholine rings is 1. The van der Waals surface area contributed by atoms with Crippen molar-refractivity contribution in [2.75, 3.05) is 53.0 Å². The Balaban J connectivity index is 1.92. The largest absolute Gasteiger partial charge is 0.469 e. The first-order valence-electron chi connectivity index (χ1n) is 8.58. The van der Waals surface area contributed by atoms with Crippen LogP contribution in [0.3, 0.4) is 0 Å². The van der Waals surface area contributed by atoms with E-state index in [4.69, 9.17) is 4.74 Å². The summed E-state index contributed by atoms with van der Waals surface area (Å²) < 4.78 is 10.0. The predicted octanol–water partition coefficient (Wildman–Crippen LogP) is 1.42. The summed E-state index contributed by atoms with van der Waals surface area (Å²) in [7, 11) is 1.36. The second-order valence-corrected chi connectivity index (χ2v) is 5.85. The van der Waals surface area contributed by atoms with Crippen LogP contribution >= 0.6 is 0 Å². The van der Waals surface area contributed by atoms with Gasteiger partial charge >= 0.3 is 5.97 Å². The van der Waals surface area contributed by atoms with Crippen molar-refractivity contribution in [1.29, 1.82) is 0 Å². The van der Waals surface area contributed by atoms with E-state index in [0.717, 1.165) is 38.4 Å². The highest BCUT2D eigenvalue weighted by Crippen LogP contribution is 2.04. The fraction of sp³-hybridized carbons (Fsp3) is 0.474. The normalized spacial score (nSPS) is 15.2. The summed E-state index contributed by atoms with van der Waals surface area (Å²) in [4.78, 5) is 27.9. The molecule has 0 radical (unpaired) electrons. The number of amides is 1. The van der Waals surface area contributed by atoms with E-state index in [2.05, 4.69) is 9.64 Å². The number of hydrogen-bond donors (Lipinski definition) is 0. The van der Waals surface area contributed by atoms with Gasteiger partial charge in [-0.3, -0.25) is 14.5 Å². The monoisotopic (exact) mass is 346 g/mol. The number of methoxy groups -OCH3 is 1. The van der Waals surface area contributed by atoms with Gasteiger partial charge in [0.05, 0.1) is 26.7 Å². The molecule has 25 heavy (non-hydrogen) atoms. The van der Waals surface area contributed by atoms with E-state index in [0.29, 0.717) is 13.1 Å². The average Bonchev–Trinajstić information content (AvgIpc) is 2.67. The number of hydrogen-bond acceptors (Lipinski definition) is 5. The van der Waals surface area contributed by atoms with Crippen molar-refractivity contribution in [2.24, 2.45) is 0 Å². The number of carbonyl (C=O) groups is 2. The van der Waals surface area contributed by atoms with Crippen LogP contribution in [0.25, 0.3) is 6.08 Å². The SMILES string of the molecule is COC(=O)CCN(CCN1CCOCC1)C(=O)/C=C/c1ccccc1. The lowest BCUT2D eigenvalue weighted by Gasteiger charge is -2.29. The van der Waals surface area contributed by atoms with Gasteiger partial charge < -0.3 is 14.4 Å². The zero-order valence-electron chi connectivity index (χ0n) is 14.7. The van der Waals surface area contributed by atoms with Gasteiger partial charge in [0, 0.05) is 38.8 Å². The maximum atomic E-state index is 12.5. The maximum Gasteiger partial charge on any atom is 0.307 e. The van der Waals surface area contributed by atoms with Gasteiger partial charge in [-0.05, 0) is 11.6 Å². The van der Waals surface area contributed by atoms with Crippen molar-refractivity contribution in [3.05, 3.63) is 42.0 Å². The molecule has 1 aliphatic rings. The molecule has 136 valence electrons. The zero-order chi connectivity index (χ0) is 17.9. The first kappa shape index (κ1) is 19.1. The minimum absolute atomic E-state index is 0.0963. The van der Waals surface area contributed by atoms with Gasteiger partial charge in [0.1, 0.15) is 0 Å². The Morgan fingerprint density at radius 2 is 1.92 bits per heavy atom. The molecule has 1 heterocycles. The number of rotatable bonds is 8. The summed E-state index contributed by atoms with van der Waals surface area (Å²) in [5.74, 6) is -0.405. The number of carbonyl (C=O) groups excluding carboxylic acids is 2. The predicted molar refractivity (Wildman–Crippen MR) is 95.9 cm³/mol. The third-order valence-electron chi connectivity index (χ3n) is 4.13. The van der Waals surface area contributed by atoms with E-state index in [9.17, 15) is 9.59 Å². The molecule has 2 rings (SSSR count). The van der Waals surface area contributed by atoms with Crippen LogP contribution in [0.4, 0.5) is 0 Å². The lowest BCUT2D eigenvalue weighted by atomic mass is 10.2. The summed E-state index contributed by atoms with van der Waals surface area (Å²) in [6.07, 6.45) is 3.55. The van der Waals surface area contributed by atoms with Crippen LogP contribution in [0.5, 0.6) is 0 Å². The first-order chi connectivity index (χ1) is 12.2. The van der Waals surface area contributed by atoms with E-state index in [1.54, 1.807) is 17.1 Å². The lowest BCUT2D eigenvalue weighted by Crippen LogP contribution is -2.43. The van der Waals surface area contributed by atoms with E-state index in [1.807, 2.05) is 30.3 Å². The third kappa shape index (κ3) is 7.07. The molecule has 0 aromatic heterocycles. The molecular formula is C19H26N2O4. The van der Waals surface area contributed by atoms with Crippen molar-refractivity contribution in [3.63, 3.8) is 0 Å². The van der Waals surface area contributed by atoms with Gasteiger partial charge in [-0.2, -0.15) is 0 Å². The van der Waals surface area contributed by atoms with Crippen molar-refractivity contribution >= 4 is 18.0 Å². The van der Waals surface area contributed by atoms with Gasteiger partial charge in [-0.15, -0.1) is 0 Å². The molecule has 0 aliphatic carbocycles. The third-order valence-corrected chi connectivity index (χ3v) is 4.13.